The second-order valence-electron chi connectivity index (χ2n) is 5.25. The lowest BCUT2D eigenvalue weighted by Gasteiger charge is -2.10. The van der Waals surface area contributed by atoms with Crippen LogP contribution in [-0.4, -0.2) is 29.2 Å². The van der Waals surface area contributed by atoms with E-state index in [0.717, 1.165) is 16.2 Å². The highest BCUT2D eigenvalue weighted by Crippen LogP contribution is 2.32. The average molecular weight is 357 g/mol. The van der Waals surface area contributed by atoms with Gasteiger partial charge < -0.3 is 4.74 Å². The first kappa shape index (κ1) is 16.3. The Morgan fingerprint density at radius 2 is 1.96 bits per heavy atom. The molecule has 24 heavy (non-hydrogen) atoms. The van der Waals surface area contributed by atoms with Gasteiger partial charge in [-0.3, -0.25) is 0 Å². The van der Waals surface area contributed by atoms with Crippen LogP contribution in [0.15, 0.2) is 30.6 Å². The van der Waals surface area contributed by atoms with Gasteiger partial charge in [0, 0.05) is 5.56 Å². The maximum atomic E-state index is 12.4. The molecule has 0 atom stereocenters. The van der Waals surface area contributed by atoms with Crippen molar-refractivity contribution in [3.63, 3.8) is 0 Å². The molecule has 0 amide bonds. The van der Waals surface area contributed by atoms with Gasteiger partial charge in [0.1, 0.15) is 5.75 Å². The number of alkyl halides is 3. The van der Waals surface area contributed by atoms with Crippen LogP contribution in [0.5, 0.6) is 5.75 Å². The molecule has 0 saturated heterocycles. The molecule has 1 aromatic heterocycles. The number of hydrogen-bond acceptors (Lipinski definition) is 5. The topological polar surface area (TPSA) is 85.0 Å². The molecule has 1 aliphatic carbocycles. The molecule has 0 unspecified atom stereocenters. The van der Waals surface area contributed by atoms with Crippen molar-refractivity contribution in [1.82, 2.24) is 9.19 Å². The summed E-state index contributed by atoms with van der Waals surface area (Å²) in [6.07, 6.45) is -1.35. The molecule has 0 spiro atoms. The van der Waals surface area contributed by atoms with E-state index in [1.165, 1.54) is 18.5 Å². The number of halogens is 3. The highest BCUT2D eigenvalue weighted by Gasteiger charge is 2.37. The summed E-state index contributed by atoms with van der Waals surface area (Å²) in [5.41, 5.74) is 0.415. The first-order valence-corrected chi connectivity index (χ1v) is 8.30. The van der Waals surface area contributed by atoms with Gasteiger partial charge in [-0.25, -0.2) is 8.42 Å². The summed E-state index contributed by atoms with van der Waals surface area (Å²) in [7, 11) is -3.58. The lowest BCUT2D eigenvalue weighted by molar-refractivity contribution is -0.274. The number of nitriles is 1. The number of rotatable bonds is 4. The second kappa shape index (κ2) is 5.52. The monoisotopic (exact) mass is 357 g/mol. The fourth-order valence-electron chi connectivity index (χ4n) is 2.13. The van der Waals surface area contributed by atoms with Gasteiger partial charge in [0.15, 0.2) is 0 Å². The van der Waals surface area contributed by atoms with Crippen LogP contribution in [0.25, 0.3) is 11.1 Å². The standard InChI is InChI=1S/C14H10F3N3O3S/c15-14(16,17)23-12-4-9(6-18)3-10(5-12)11-7-19-20(8-11)24(21,22)13-1-2-13/h3-5,7-8,13H,1-2H2. The number of aromatic nitrogens is 2. The quantitative estimate of drug-likeness (QED) is 0.840. The Labute approximate surface area is 135 Å². The van der Waals surface area contributed by atoms with Crippen LogP contribution in [-0.2, 0) is 10.0 Å². The summed E-state index contributed by atoms with van der Waals surface area (Å²) in [6, 6.07) is 5.08. The van der Waals surface area contributed by atoms with E-state index in [-0.39, 0.29) is 16.7 Å². The van der Waals surface area contributed by atoms with Crippen molar-refractivity contribution < 1.29 is 26.3 Å². The van der Waals surface area contributed by atoms with E-state index in [2.05, 4.69) is 9.84 Å². The minimum atomic E-state index is -4.90. The molecule has 1 aromatic carbocycles. The van der Waals surface area contributed by atoms with Gasteiger partial charge in [-0.15, -0.1) is 13.2 Å². The molecule has 1 aliphatic rings. The molecular weight excluding hydrogens is 347 g/mol. The maximum Gasteiger partial charge on any atom is 0.573 e. The van der Waals surface area contributed by atoms with E-state index in [0.29, 0.717) is 12.8 Å². The molecule has 0 aliphatic heterocycles. The zero-order valence-electron chi connectivity index (χ0n) is 12.0. The van der Waals surface area contributed by atoms with Gasteiger partial charge in [0.05, 0.1) is 29.3 Å². The average Bonchev–Trinajstić information content (AvgIpc) is 3.22. The number of nitrogens with zero attached hydrogens (tertiary/aromatic N) is 3. The first-order chi connectivity index (χ1) is 11.2. The Bertz CT molecular complexity index is 925. The van der Waals surface area contributed by atoms with Crippen molar-refractivity contribution in [2.75, 3.05) is 0 Å². The summed E-state index contributed by atoms with van der Waals surface area (Å²) in [5.74, 6) is -0.561. The van der Waals surface area contributed by atoms with Crippen molar-refractivity contribution in [2.45, 2.75) is 24.5 Å². The van der Waals surface area contributed by atoms with Gasteiger partial charge in [0.2, 0.25) is 0 Å². The highest BCUT2D eigenvalue weighted by molar-refractivity contribution is 7.90. The third-order valence-corrected chi connectivity index (χ3v) is 5.40. The highest BCUT2D eigenvalue weighted by atomic mass is 32.2. The van der Waals surface area contributed by atoms with E-state index < -0.39 is 27.4 Å². The Balaban J connectivity index is 1.99. The Kier molecular flexibility index (Phi) is 3.76. The maximum absolute atomic E-state index is 12.4. The largest absolute Gasteiger partial charge is 0.573 e. The van der Waals surface area contributed by atoms with Crippen molar-refractivity contribution in [1.29, 1.82) is 5.26 Å². The van der Waals surface area contributed by atoms with Crippen molar-refractivity contribution in [2.24, 2.45) is 0 Å². The van der Waals surface area contributed by atoms with Crippen LogP contribution >= 0.6 is 0 Å². The number of hydrogen-bond donors (Lipinski definition) is 0. The van der Waals surface area contributed by atoms with Gasteiger partial charge in [-0.1, -0.05) is 0 Å². The minimum absolute atomic E-state index is 0.0513. The van der Waals surface area contributed by atoms with Crippen LogP contribution < -0.4 is 4.74 Å². The molecule has 1 heterocycles. The molecular formula is C14H10F3N3O3S. The lowest BCUT2D eigenvalue weighted by Crippen LogP contribution is -2.17. The van der Waals surface area contributed by atoms with Crippen LogP contribution in [0.1, 0.15) is 18.4 Å². The second-order valence-corrected chi connectivity index (χ2v) is 7.32. The molecule has 0 N–H and O–H groups in total. The third kappa shape index (κ3) is 3.35. The van der Waals surface area contributed by atoms with E-state index in [1.54, 1.807) is 6.07 Å². The van der Waals surface area contributed by atoms with Crippen LogP contribution in [0.4, 0.5) is 13.2 Å². The van der Waals surface area contributed by atoms with E-state index >= 15 is 0 Å². The summed E-state index contributed by atoms with van der Waals surface area (Å²) < 4.78 is 65.9. The summed E-state index contributed by atoms with van der Waals surface area (Å²) in [4.78, 5) is 0. The van der Waals surface area contributed by atoms with Crippen LogP contribution in [0.3, 0.4) is 0 Å². The molecule has 0 bridgehead atoms. The molecule has 1 saturated carbocycles. The molecule has 1 fully saturated rings. The molecule has 2 aromatic rings. The molecule has 3 rings (SSSR count). The van der Waals surface area contributed by atoms with Crippen molar-refractivity contribution in [3.8, 4) is 22.9 Å². The van der Waals surface area contributed by atoms with Crippen LogP contribution in [0.2, 0.25) is 0 Å². The Morgan fingerprint density at radius 1 is 1.25 bits per heavy atom. The van der Waals surface area contributed by atoms with Gasteiger partial charge in [-0.05, 0) is 36.6 Å². The summed E-state index contributed by atoms with van der Waals surface area (Å²) in [6.45, 7) is 0. The fraction of sp³-hybridized carbons (Fsp3) is 0.286. The molecule has 6 nitrogen and oxygen atoms in total. The predicted molar refractivity (Wildman–Crippen MR) is 76.4 cm³/mol. The SMILES string of the molecule is N#Cc1cc(OC(F)(F)F)cc(-c2cnn(S(=O)(=O)C3CC3)c2)c1. The van der Waals surface area contributed by atoms with Crippen LogP contribution in [0, 0.1) is 11.3 Å². The van der Waals surface area contributed by atoms with Gasteiger partial charge >= 0.3 is 6.36 Å². The van der Waals surface area contributed by atoms with Crippen molar-refractivity contribution >= 4 is 10.0 Å². The zero-order valence-corrected chi connectivity index (χ0v) is 12.8. The van der Waals surface area contributed by atoms with E-state index in [9.17, 15) is 21.6 Å². The lowest BCUT2D eigenvalue weighted by atomic mass is 10.1. The fourth-order valence-corrected chi connectivity index (χ4v) is 3.61. The number of ether oxygens (including phenoxy) is 1. The summed E-state index contributed by atoms with van der Waals surface area (Å²) >= 11 is 0. The minimum Gasteiger partial charge on any atom is -0.406 e. The number of benzene rings is 1. The normalized spacial score (nSPS) is 15.1. The zero-order chi connectivity index (χ0) is 17.5. The Hall–Kier alpha value is -2.54. The van der Waals surface area contributed by atoms with E-state index in [4.69, 9.17) is 5.26 Å². The predicted octanol–water partition coefficient (Wildman–Crippen LogP) is 2.66. The smallest absolute Gasteiger partial charge is 0.406 e. The van der Waals surface area contributed by atoms with Gasteiger partial charge in [0.25, 0.3) is 10.0 Å². The Morgan fingerprint density at radius 3 is 2.54 bits per heavy atom. The van der Waals surface area contributed by atoms with Crippen molar-refractivity contribution in [3.05, 3.63) is 36.2 Å². The van der Waals surface area contributed by atoms with E-state index in [1.807, 2.05) is 0 Å². The molecule has 10 heteroatoms. The molecule has 126 valence electrons. The third-order valence-electron chi connectivity index (χ3n) is 3.37. The summed E-state index contributed by atoms with van der Waals surface area (Å²) in [5, 5.41) is 12.2. The first-order valence-electron chi connectivity index (χ1n) is 6.79. The molecule has 0 radical (unpaired) electrons. The van der Waals surface area contributed by atoms with Gasteiger partial charge in [-0.2, -0.15) is 14.4 Å².